The molecule has 1 aromatic heterocycles. The van der Waals surface area contributed by atoms with Crippen molar-refractivity contribution in [2.45, 2.75) is 0 Å². The quantitative estimate of drug-likeness (QED) is 0.833. The van der Waals surface area contributed by atoms with Gasteiger partial charge in [0.25, 0.3) is 0 Å². The molecule has 0 bridgehead atoms. The molecule has 8 heteroatoms. The van der Waals surface area contributed by atoms with Gasteiger partial charge in [-0.1, -0.05) is 23.2 Å². The van der Waals surface area contributed by atoms with E-state index in [1.165, 1.54) is 18.2 Å². The standard InChI is InChI=1S/C11H5BrCl2N2O3/c12-5-3-7(14)9(4-6(5)13)19-10-2-1-8(11(17)18)15-16-10/h1-4H,(H,17,18). The van der Waals surface area contributed by atoms with E-state index in [2.05, 4.69) is 26.1 Å². The molecule has 0 aliphatic carbocycles. The fourth-order valence-electron chi connectivity index (χ4n) is 1.18. The van der Waals surface area contributed by atoms with Crippen LogP contribution in [0.3, 0.4) is 0 Å². The van der Waals surface area contributed by atoms with Gasteiger partial charge in [-0.05, 0) is 28.1 Å². The molecule has 0 spiro atoms. The maximum atomic E-state index is 10.6. The Morgan fingerprint density at radius 1 is 1.21 bits per heavy atom. The number of hydrogen-bond acceptors (Lipinski definition) is 4. The summed E-state index contributed by atoms with van der Waals surface area (Å²) in [4.78, 5) is 10.6. The van der Waals surface area contributed by atoms with Gasteiger partial charge >= 0.3 is 5.97 Å². The van der Waals surface area contributed by atoms with Crippen molar-refractivity contribution >= 4 is 45.1 Å². The molecular weight excluding hydrogens is 359 g/mol. The average molecular weight is 364 g/mol. The first-order valence-electron chi connectivity index (χ1n) is 4.87. The van der Waals surface area contributed by atoms with Crippen LogP contribution in [0.15, 0.2) is 28.7 Å². The largest absolute Gasteiger partial charge is 0.476 e. The lowest BCUT2D eigenvalue weighted by atomic mass is 10.3. The van der Waals surface area contributed by atoms with Gasteiger partial charge in [-0.25, -0.2) is 4.79 Å². The Morgan fingerprint density at radius 3 is 2.53 bits per heavy atom. The highest BCUT2D eigenvalue weighted by atomic mass is 79.9. The average Bonchev–Trinajstić information content (AvgIpc) is 2.36. The van der Waals surface area contributed by atoms with Crippen LogP contribution >= 0.6 is 39.1 Å². The lowest BCUT2D eigenvalue weighted by Crippen LogP contribution is -2.02. The maximum absolute atomic E-state index is 10.6. The molecule has 19 heavy (non-hydrogen) atoms. The van der Waals surface area contributed by atoms with Gasteiger partial charge in [0.2, 0.25) is 5.88 Å². The molecule has 0 unspecified atom stereocenters. The van der Waals surface area contributed by atoms with E-state index in [0.29, 0.717) is 20.3 Å². The zero-order valence-corrected chi connectivity index (χ0v) is 12.2. The number of carboxylic acids is 1. The van der Waals surface area contributed by atoms with Crippen molar-refractivity contribution in [3.63, 3.8) is 0 Å². The molecule has 0 atom stereocenters. The summed E-state index contributed by atoms with van der Waals surface area (Å²) in [6.07, 6.45) is 0. The molecule has 0 radical (unpaired) electrons. The topological polar surface area (TPSA) is 72.3 Å². The minimum absolute atomic E-state index is 0.116. The van der Waals surface area contributed by atoms with E-state index in [0.717, 1.165) is 0 Å². The van der Waals surface area contributed by atoms with E-state index in [4.69, 9.17) is 33.0 Å². The summed E-state index contributed by atoms with van der Waals surface area (Å²) in [5.74, 6) is -0.749. The van der Waals surface area contributed by atoms with Crippen LogP contribution in [-0.4, -0.2) is 21.3 Å². The first kappa shape index (κ1) is 14.0. The lowest BCUT2D eigenvalue weighted by Gasteiger charge is -2.07. The summed E-state index contributed by atoms with van der Waals surface area (Å²) >= 11 is 15.1. The second-order valence-electron chi connectivity index (χ2n) is 3.36. The number of ether oxygens (including phenoxy) is 1. The zero-order chi connectivity index (χ0) is 14.0. The van der Waals surface area contributed by atoms with Gasteiger partial charge in [0.05, 0.1) is 10.0 Å². The van der Waals surface area contributed by atoms with E-state index in [9.17, 15) is 4.79 Å². The molecule has 0 fully saturated rings. The molecule has 1 aromatic carbocycles. The number of hydrogen-bond donors (Lipinski definition) is 1. The first-order chi connectivity index (χ1) is 8.97. The van der Waals surface area contributed by atoms with Crippen molar-refractivity contribution < 1.29 is 14.6 Å². The van der Waals surface area contributed by atoms with Crippen molar-refractivity contribution in [2.75, 3.05) is 0 Å². The Bertz CT molecular complexity index is 635. The second-order valence-corrected chi connectivity index (χ2v) is 5.03. The van der Waals surface area contributed by atoms with E-state index in [1.54, 1.807) is 6.07 Å². The molecule has 0 amide bonds. The number of benzene rings is 1. The summed E-state index contributed by atoms with van der Waals surface area (Å²) in [6.45, 7) is 0. The van der Waals surface area contributed by atoms with E-state index in [-0.39, 0.29) is 11.6 Å². The molecular formula is C11H5BrCl2N2O3. The predicted molar refractivity (Wildman–Crippen MR) is 73.2 cm³/mol. The van der Waals surface area contributed by atoms with Crippen molar-refractivity contribution in [2.24, 2.45) is 0 Å². The third-order valence-electron chi connectivity index (χ3n) is 2.05. The summed E-state index contributed by atoms with van der Waals surface area (Å²) in [7, 11) is 0. The van der Waals surface area contributed by atoms with Crippen LogP contribution in [0.2, 0.25) is 10.0 Å². The fourth-order valence-corrected chi connectivity index (χ4v) is 2.01. The number of nitrogens with zero attached hydrogens (tertiary/aromatic N) is 2. The van der Waals surface area contributed by atoms with Crippen LogP contribution < -0.4 is 4.74 Å². The fraction of sp³-hybridized carbons (Fsp3) is 0. The number of aromatic carboxylic acids is 1. The van der Waals surface area contributed by atoms with Gasteiger partial charge < -0.3 is 9.84 Å². The van der Waals surface area contributed by atoms with Crippen molar-refractivity contribution in [1.82, 2.24) is 10.2 Å². The van der Waals surface area contributed by atoms with E-state index < -0.39 is 5.97 Å². The van der Waals surface area contributed by atoms with E-state index >= 15 is 0 Å². The summed E-state index contributed by atoms with van der Waals surface area (Å²) in [5.41, 5.74) is -0.174. The van der Waals surface area contributed by atoms with Crippen LogP contribution in [0.25, 0.3) is 0 Å². The summed E-state index contributed by atoms with van der Waals surface area (Å²) in [6, 6.07) is 5.75. The number of rotatable bonds is 3. The number of carbonyl (C=O) groups is 1. The Kier molecular flexibility index (Phi) is 4.24. The molecule has 5 nitrogen and oxygen atoms in total. The molecule has 0 saturated carbocycles. The van der Waals surface area contributed by atoms with Crippen molar-refractivity contribution in [3.8, 4) is 11.6 Å². The molecule has 1 heterocycles. The number of carboxylic acid groups (broad SMARTS) is 1. The van der Waals surface area contributed by atoms with Crippen LogP contribution in [-0.2, 0) is 0 Å². The summed E-state index contributed by atoms with van der Waals surface area (Å²) in [5, 5.41) is 16.6. The SMILES string of the molecule is O=C(O)c1ccc(Oc2cc(Cl)c(Br)cc2Cl)nn1. The number of aromatic nitrogens is 2. The Balaban J connectivity index is 2.26. The van der Waals surface area contributed by atoms with Crippen LogP contribution in [0.4, 0.5) is 0 Å². The predicted octanol–water partition coefficient (Wildman–Crippen LogP) is 4.04. The molecule has 0 aliphatic rings. The van der Waals surface area contributed by atoms with Gasteiger partial charge in [0, 0.05) is 16.6 Å². The highest BCUT2D eigenvalue weighted by molar-refractivity contribution is 9.10. The van der Waals surface area contributed by atoms with Crippen LogP contribution in [0.1, 0.15) is 10.5 Å². The highest BCUT2D eigenvalue weighted by Gasteiger charge is 2.10. The van der Waals surface area contributed by atoms with Gasteiger partial charge in [0.1, 0.15) is 5.75 Å². The third kappa shape index (κ3) is 3.34. The normalized spacial score (nSPS) is 10.3. The molecule has 98 valence electrons. The summed E-state index contributed by atoms with van der Waals surface area (Å²) < 4.78 is 6.01. The van der Waals surface area contributed by atoms with Crippen molar-refractivity contribution in [3.05, 3.63) is 44.5 Å². The maximum Gasteiger partial charge on any atom is 0.356 e. The molecule has 2 rings (SSSR count). The molecule has 0 aliphatic heterocycles. The number of halogens is 3. The highest BCUT2D eigenvalue weighted by Crippen LogP contribution is 2.35. The Labute approximate surface area is 126 Å². The smallest absolute Gasteiger partial charge is 0.356 e. The Hall–Kier alpha value is -1.37. The minimum Gasteiger partial charge on any atom is -0.476 e. The molecule has 0 saturated heterocycles. The minimum atomic E-state index is -1.16. The Morgan fingerprint density at radius 2 is 1.95 bits per heavy atom. The third-order valence-corrected chi connectivity index (χ3v) is 3.54. The molecule has 2 aromatic rings. The zero-order valence-electron chi connectivity index (χ0n) is 9.10. The van der Waals surface area contributed by atoms with Crippen molar-refractivity contribution in [1.29, 1.82) is 0 Å². The van der Waals surface area contributed by atoms with Crippen LogP contribution in [0, 0.1) is 0 Å². The van der Waals surface area contributed by atoms with Gasteiger partial charge in [-0.3, -0.25) is 0 Å². The molecule has 1 N–H and O–H groups in total. The monoisotopic (exact) mass is 362 g/mol. The second kappa shape index (κ2) is 5.73. The van der Waals surface area contributed by atoms with Crippen LogP contribution in [0.5, 0.6) is 11.6 Å². The first-order valence-corrected chi connectivity index (χ1v) is 6.41. The van der Waals surface area contributed by atoms with E-state index in [1.807, 2.05) is 0 Å². The van der Waals surface area contributed by atoms with Gasteiger partial charge in [0.15, 0.2) is 5.69 Å². The van der Waals surface area contributed by atoms with Gasteiger partial charge in [-0.15, -0.1) is 10.2 Å². The lowest BCUT2D eigenvalue weighted by molar-refractivity contribution is 0.0689. The van der Waals surface area contributed by atoms with Gasteiger partial charge in [-0.2, -0.15) is 0 Å².